The summed E-state index contributed by atoms with van der Waals surface area (Å²) in [5.74, 6) is -1.21. The van der Waals surface area contributed by atoms with E-state index in [0.29, 0.717) is 12.1 Å². The molecule has 1 aromatic carbocycles. The van der Waals surface area contributed by atoms with E-state index in [0.717, 1.165) is 0 Å². The fraction of sp³-hybridized carbons (Fsp3) is 0. The van der Waals surface area contributed by atoms with Crippen LogP contribution in [0.2, 0.25) is 0 Å². The number of aromatic hydroxyl groups is 1. The van der Waals surface area contributed by atoms with E-state index in [-0.39, 0.29) is 59.6 Å². The van der Waals surface area contributed by atoms with Gasteiger partial charge in [0, 0.05) is 0 Å². The minimum Gasteiger partial charge on any atom is -1.00 e. The second-order valence-corrected chi connectivity index (χ2v) is 2.60. The van der Waals surface area contributed by atoms with Crippen LogP contribution in [-0.4, -0.2) is 19.9 Å². The van der Waals surface area contributed by atoms with Crippen molar-refractivity contribution < 1.29 is 79.5 Å². The smallest absolute Gasteiger partial charge is 1.00 e. The summed E-state index contributed by atoms with van der Waals surface area (Å²) in [6, 6.07) is 0.894. The van der Waals surface area contributed by atoms with Gasteiger partial charge in [0.1, 0.15) is 0 Å². The Labute approximate surface area is 143 Å². The predicted octanol–water partition coefficient (Wildman–Crippen LogP) is -1.77. The first kappa shape index (κ1) is 16.0. The summed E-state index contributed by atoms with van der Waals surface area (Å²) in [6.45, 7) is 0. The molecule has 0 bridgehead atoms. The molecule has 1 N–H and O–H groups in total. The molecule has 10 nitrogen and oxygen atoms in total. The fourth-order valence-electron chi connectivity index (χ4n) is 0.974. The Kier molecular flexibility index (Phi) is 5.74. The number of hydrogen-bond acceptors (Lipinski definition) is 7. The van der Waals surface area contributed by atoms with Crippen molar-refractivity contribution in [3.8, 4) is 5.75 Å². The summed E-state index contributed by atoms with van der Waals surface area (Å²) in [4.78, 5) is 27.8. The number of phenolic OH excluding ortho intramolecular Hbond substituents is 1. The Morgan fingerprint density at radius 1 is 0.941 bits per heavy atom. The molecule has 0 fully saturated rings. The Morgan fingerprint density at radius 3 is 1.53 bits per heavy atom. The number of benzene rings is 1. The summed E-state index contributed by atoms with van der Waals surface area (Å²) in [5.41, 5.74) is -3.00. The van der Waals surface area contributed by atoms with Crippen LogP contribution in [0.5, 0.6) is 5.75 Å². The van der Waals surface area contributed by atoms with Crippen LogP contribution in [0.1, 0.15) is 1.43 Å². The van der Waals surface area contributed by atoms with E-state index in [1.165, 1.54) is 0 Å². The fourth-order valence-corrected chi connectivity index (χ4v) is 0.974. The quantitative estimate of drug-likeness (QED) is 0.512. The van der Waals surface area contributed by atoms with Crippen LogP contribution in [0.25, 0.3) is 0 Å². The molecule has 0 saturated carbocycles. The van der Waals surface area contributed by atoms with Crippen LogP contribution in [0.4, 0.5) is 17.1 Å². The first-order chi connectivity index (χ1) is 7.34. The molecular formula is C6H4N3O7Rb. The van der Waals surface area contributed by atoms with Crippen molar-refractivity contribution in [1.82, 2.24) is 0 Å². The van der Waals surface area contributed by atoms with Crippen molar-refractivity contribution in [2.75, 3.05) is 0 Å². The van der Waals surface area contributed by atoms with Gasteiger partial charge in [-0.25, -0.2) is 0 Å². The van der Waals surface area contributed by atoms with E-state index in [2.05, 4.69) is 0 Å². The molecule has 0 saturated heterocycles. The molecule has 0 radical (unpaired) electrons. The van der Waals surface area contributed by atoms with Crippen LogP contribution >= 0.6 is 0 Å². The first-order valence-electron chi connectivity index (χ1n) is 3.64. The van der Waals surface area contributed by atoms with Crippen molar-refractivity contribution in [3.05, 3.63) is 42.5 Å². The third-order valence-electron chi connectivity index (χ3n) is 1.66. The molecule has 0 aliphatic carbocycles. The molecular weight excluding hydrogens is 312 g/mol. The molecule has 11 heteroatoms. The van der Waals surface area contributed by atoms with E-state index in [1.54, 1.807) is 0 Å². The SMILES string of the molecule is O=[N+]([O-])c1cc([N+](=O)[O-])c(O)c([N+](=O)[O-])c1.[H-].[Rb+]. The second-order valence-electron chi connectivity index (χ2n) is 2.60. The molecule has 0 aromatic heterocycles. The van der Waals surface area contributed by atoms with E-state index < -0.39 is 37.6 Å². The number of nitrogens with zero attached hydrogens (tertiary/aromatic N) is 3. The molecule has 0 atom stereocenters. The normalized spacial score (nSPS) is 9.18. The Balaban J connectivity index is 0. The molecule has 0 aliphatic rings. The molecule has 0 unspecified atom stereocenters. The third-order valence-corrected chi connectivity index (χ3v) is 1.66. The standard InChI is InChI=1S/C6H3N3O7.Rb.H/c10-6-4(8(13)14)1-3(7(11)12)2-5(6)9(15)16;;/h1-2,10H;;/q;+1;-1. The van der Waals surface area contributed by atoms with E-state index in [9.17, 15) is 30.3 Å². The molecule has 86 valence electrons. The van der Waals surface area contributed by atoms with Gasteiger partial charge in [-0.3, -0.25) is 30.3 Å². The minimum atomic E-state index is -1.21. The van der Waals surface area contributed by atoms with Crippen molar-refractivity contribution in [2.24, 2.45) is 0 Å². The monoisotopic (exact) mass is 315 g/mol. The van der Waals surface area contributed by atoms with Gasteiger partial charge in [-0.2, -0.15) is 0 Å². The van der Waals surface area contributed by atoms with Gasteiger partial charge in [0.15, 0.2) is 0 Å². The number of phenols is 1. The zero-order valence-electron chi connectivity index (χ0n) is 9.39. The molecule has 0 amide bonds. The summed E-state index contributed by atoms with van der Waals surface area (Å²) in [5, 5.41) is 40.2. The molecule has 1 rings (SSSR count). The van der Waals surface area contributed by atoms with Gasteiger partial charge < -0.3 is 6.53 Å². The summed E-state index contributed by atoms with van der Waals surface area (Å²) in [6.07, 6.45) is 0. The summed E-state index contributed by atoms with van der Waals surface area (Å²) in [7, 11) is 0. The average Bonchev–Trinajstić information content (AvgIpc) is 2.16. The van der Waals surface area contributed by atoms with Crippen LogP contribution in [0, 0.1) is 30.3 Å². The number of hydrogen-bond donors (Lipinski definition) is 1. The molecule has 0 aliphatic heterocycles. The van der Waals surface area contributed by atoms with Gasteiger partial charge in [-0.15, -0.1) is 0 Å². The van der Waals surface area contributed by atoms with E-state index in [4.69, 9.17) is 5.11 Å². The van der Waals surface area contributed by atoms with E-state index >= 15 is 0 Å². The van der Waals surface area contributed by atoms with E-state index in [1.807, 2.05) is 0 Å². The van der Waals surface area contributed by atoms with Gasteiger partial charge in [0.25, 0.3) is 11.4 Å². The summed E-state index contributed by atoms with van der Waals surface area (Å²) >= 11 is 0. The molecule has 0 spiro atoms. The predicted molar refractivity (Wildman–Crippen MR) is 49.2 cm³/mol. The van der Waals surface area contributed by atoms with Gasteiger partial charge in [-0.05, 0) is 0 Å². The number of nitro groups is 3. The first-order valence-corrected chi connectivity index (χ1v) is 3.64. The van der Waals surface area contributed by atoms with Gasteiger partial charge in [-0.1, -0.05) is 0 Å². The molecule has 1 aromatic rings. The van der Waals surface area contributed by atoms with Gasteiger partial charge in [0.05, 0.1) is 26.9 Å². The topological polar surface area (TPSA) is 150 Å². The van der Waals surface area contributed by atoms with Crippen LogP contribution in [0.3, 0.4) is 0 Å². The Morgan fingerprint density at radius 2 is 1.29 bits per heavy atom. The molecule has 17 heavy (non-hydrogen) atoms. The zero-order chi connectivity index (χ0) is 12.5. The largest absolute Gasteiger partial charge is 1.00 e. The number of rotatable bonds is 3. The maximum absolute atomic E-state index is 10.4. The Hall–Kier alpha value is -0.975. The van der Waals surface area contributed by atoms with Crippen LogP contribution in [0.15, 0.2) is 12.1 Å². The number of non-ortho nitro benzene ring substituents is 1. The van der Waals surface area contributed by atoms with Crippen molar-refractivity contribution >= 4 is 17.1 Å². The second kappa shape index (κ2) is 6.09. The maximum atomic E-state index is 10.4. The third kappa shape index (κ3) is 3.49. The Bertz CT molecular complexity index is 473. The van der Waals surface area contributed by atoms with Crippen molar-refractivity contribution in [1.29, 1.82) is 0 Å². The number of nitro benzene ring substituents is 3. The zero-order valence-corrected chi connectivity index (χ0v) is 13.3. The maximum Gasteiger partial charge on any atom is 1.00 e. The van der Waals surface area contributed by atoms with Crippen molar-refractivity contribution in [3.63, 3.8) is 0 Å². The van der Waals surface area contributed by atoms with Gasteiger partial charge >= 0.3 is 69.6 Å². The minimum absolute atomic E-state index is 0. The van der Waals surface area contributed by atoms with Crippen LogP contribution in [-0.2, 0) is 0 Å². The van der Waals surface area contributed by atoms with Crippen molar-refractivity contribution in [2.45, 2.75) is 0 Å². The average molecular weight is 316 g/mol. The molecule has 0 heterocycles. The summed E-state index contributed by atoms with van der Waals surface area (Å²) < 4.78 is 0. The van der Waals surface area contributed by atoms with Crippen LogP contribution < -0.4 is 58.2 Å². The van der Waals surface area contributed by atoms with Gasteiger partial charge in [0.2, 0.25) is 0 Å².